The summed E-state index contributed by atoms with van der Waals surface area (Å²) < 4.78 is 5.22. The molecule has 0 saturated carbocycles. The summed E-state index contributed by atoms with van der Waals surface area (Å²) in [6.07, 6.45) is 5.60. The topological polar surface area (TPSA) is 33.0 Å². The van der Waals surface area contributed by atoms with Crippen LogP contribution in [0.2, 0.25) is 5.02 Å². The van der Waals surface area contributed by atoms with E-state index in [1.54, 1.807) is 7.11 Å². The monoisotopic (exact) mass is 235 g/mol. The lowest BCUT2D eigenvalue weighted by Gasteiger charge is -2.13. The van der Waals surface area contributed by atoms with Crippen LogP contribution in [0, 0.1) is 11.3 Å². The normalized spacial score (nSPS) is 14.8. The molecule has 0 N–H and O–H groups in total. The van der Waals surface area contributed by atoms with E-state index >= 15 is 0 Å². The van der Waals surface area contributed by atoms with Crippen LogP contribution in [-0.4, -0.2) is 7.11 Å². The molecule has 0 radical (unpaired) electrons. The third-order valence-electron chi connectivity index (χ3n) is 3.11. The van der Waals surface area contributed by atoms with Crippen LogP contribution in [0.3, 0.4) is 0 Å². The number of benzene rings is 1. The summed E-state index contributed by atoms with van der Waals surface area (Å²) in [5.41, 5.74) is 2.95. The summed E-state index contributed by atoms with van der Waals surface area (Å²) >= 11 is 6.31. The Bertz CT molecular complexity index is 448. The van der Waals surface area contributed by atoms with E-state index in [4.69, 9.17) is 21.6 Å². The molecule has 0 spiro atoms. The molecule has 2 rings (SSSR count). The maximum atomic E-state index is 9.06. The molecule has 0 heterocycles. The SMILES string of the molecule is COc1c(C#N)cc2c(c1Cl)CCCCC2. The number of rotatable bonds is 1. The van der Waals surface area contributed by atoms with Crippen LogP contribution < -0.4 is 4.74 Å². The molecule has 1 aromatic rings. The second kappa shape index (κ2) is 4.76. The van der Waals surface area contributed by atoms with Crippen molar-refractivity contribution in [2.24, 2.45) is 0 Å². The minimum atomic E-state index is 0.532. The van der Waals surface area contributed by atoms with E-state index in [9.17, 15) is 0 Å². The highest BCUT2D eigenvalue weighted by molar-refractivity contribution is 6.33. The summed E-state index contributed by atoms with van der Waals surface area (Å²) in [7, 11) is 1.56. The number of ether oxygens (including phenoxy) is 1. The lowest BCUT2D eigenvalue weighted by molar-refractivity contribution is 0.413. The van der Waals surface area contributed by atoms with Gasteiger partial charge in [-0.05, 0) is 42.9 Å². The molecular weight excluding hydrogens is 222 g/mol. The molecule has 0 aromatic heterocycles. The Hall–Kier alpha value is -1.20. The van der Waals surface area contributed by atoms with Crippen molar-refractivity contribution in [3.8, 4) is 11.8 Å². The van der Waals surface area contributed by atoms with Gasteiger partial charge in [-0.25, -0.2) is 0 Å². The minimum Gasteiger partial charge on any atom is -0.494 e. The van der Waals surface area contributed by atoms with E-state index in [0.717, 1.165) is 12.8 Å². The van der Waals surface area contributed by atoms with Gasteiger partial charge in [0.15, 0.2) is 5.75 Å². The molecule has 1 aliphatic rings. The average Bonchev–Trinajstić information content (AvgIpc) is 2.54. The molecule has 0 unspecified atom stereocenters. The summed E-state index contributed by atoms with van der Waals surface area (Å²) in [5, 5.41) is 9.69. The predicted molar refractivity (Wildman–Crippen MR) is 64.0 cm³/mol. The van der Waals surface area contributed by atoms with Crippen LogP contribution in [0.4, 0.5) is 0 Å². The fourth-order valence-corrected chi connectivity index (χ4v) is 2.69. The fourth-order valence-electron chi connectivity index (χ4n) is 2.29. The van der Waals surface area contributed by atoms with Gasteiger partial charge in [0.25, 0.3) is 0 Å². The van der Waals surface area contributed by atoms with Crippen LogP contribution >= 0.6 is 11.6 Å². The van der Waals surface area contributed by atoms with Gasteiger partial charge in [0, 0.05) is 0 Å². The zero-order chi connectivity index (χ0) is 11.5. The maximum absolute atomic E-state index is 9.06. The van der Waals surface area contributed by atoms with E-state index in [2.05, 4.69) is 6.07 Å². The Morgan fingerprint density at radius 3 is 2.75 bits per heavy atom. The third kappa shape index (κ3) is 1.88. The molecule has 16 heavy (non-hydrogen) atoms. The van der Waals surface area contributed by atoms with Crippen molar-refractivity contribution < 1.29 is 4.74 Å². The number of nitrogens with zero attached hydrogens (tertiary/aromatic N) is 1. The van der Waals surface area contributed by atoms with Gasteiger partial charge in [0.05, 0.1) is 17.7 Å². The number of halogens is 1. The van der Waals surface area contributed by atoms with Crippen LogP contribution in [0.25, 0.3) is 0 Å². The first kappa shape index (κ1) is 11.3. The van der Waals surface area contributed by atoms with Crippen molar-refractivity contribution in [2.45, 2.75) is 32.1 Å². The van der Waals surface area contributed by atoms with Crippen LogP contribution in [0.15, 0.2) is 6.07 Å². The number of hydrogen-bond acceptors (Lipinski definition) is 2. The Kier molecular flexibility index (Phi) is 3.36. The zero-order valence-corrected chi connectivity index (χ0v) is 10.1. The van der Waals surface area contributed by atoms with Gasteiger partial charge >= 0.3 is 0 Å². The van der Waals surface area contributed by atoms with Crippen molar-refractivity contribution in [2.75, 3.05) is 7.11 Å². The van der Waals surface area contributed by atoms with Gasteiger partial charge in [-0.3, -0.25) is 0 Å². The van der Waals surface area contributed by atoms with E-state index < -0.39 is 0 Å². The molecule has 3 heteroatoms. The van der Waals surface area contributed by atoms with E-state index in [1.165, 1.54) is 30.4 Å². The number of aryl methyl sites for hydroxylation is 1. The molecule has 0 amide bonds. The van der Waals surface area contributed by atoms with Gasteiger partial charge < -0.3 is 4.74 Å². The minimum absolute atomic E-state index is 0.532. The Morgan fingerprint density at radius 2 is 2.06 bits per heavy atom. The Balaban J connectivity index is 2.60. The Labute approximate surface area is 101 Å². The van der Waals surface area contributed by atoms with Gasteiger partial charge in [-0.2, -0.15) is 5.26 Å². The quantitative estimate of drug-likeness (QED) is 0.698. The molecule has 1 aromatic carbocycles. The van der Waals surface area contributed by atoms with Crippen molar-refractivity contribution in [1.29, 1.82) is 5.26 Å². The summed E-state index contributed by atoms with van der Waals surface area (Å²) in [4.78, 5) is 0. The van der Waals surface area contributed by atoms with Crippen LogP contribution in [0.1, 0.15) is 36.0 Å². The first-order valence-electron chi connectivity index (χ1n) is 5.56. The van der Waals surface area contributed by atoms with Gasteiger partial charge in [0.2, 0.25) is 0 Å². The number of methoxy groups -OCH3 is 1. The average molecular weight is 236 g/mol. The summed E-state index contributed by atoms with van der Waals surface area (Å²) in [6.45, 7) is 0. The van der Waals surface area contributed by atoms with Crippen LogP contribution in [-0.2, 0) is 12.8 Å². The molecule has 0 saturated heterocycles. The van der Waals surface area contributed by atoms with Crippen LogP contribution in [0.5, 0.6) is 5.75 Å². The van der Waals surface area contributed by atoms with E-state index in [-0.39, 0.29) is 0 Å². The molecule has 2 nitrogen and oxygen atoms in total. The molecule has 0 atom stereocenters. The summed E-state index contributed by atoms with van der Waals surface area (Å²) in [5.74, 6) is 0.532. The van der Waals surface area contributed by atoms with E-state index in [1.807, 2.05) is 6.07 Å². The highest BCUT2D eigenvalue weighted by atomic mass is 35.5. The molecule has 0 aliphatic heterocycles. The first-order chi connectivity index (χ1) is 7.77. The van der Waals surface area contributed by atoms with Gasteiger partial charge in [0.1, 0.15) is 6.07 Å². The molecular formula is C13H14ClNO. The standard InChI is InChI=1S/C13H14ClNO/c1-16-13-10(8-15)7-9-5-3-2-4-6-11(9)12(13)14/h7H,2-6H2,1H3. The van der Waals surface area contributed by atoms with Crippen molar-refractivity contribution in [1.82, 2.24) is 0 Å². The lowest BCUT2D eigenvalue weighted by atomic mass is 9.99. The lowest BCUT2D eigenvalue weighted by Crippen LogP contribution is -1.98. The third-order valence-corrected chi connectivity index (χ3v) is 3.51. The largest absolute Gasteiger partial charge is 0.494 e. The van der Waals surface area contributed by atoms with Crippen molar-refractivity contribution in [3.05, 3.63) is 27.8 Å². The van der Waals surface area contributed by atoms with Crippen molar-refractivity contribution in [3.63, 3.8) is 0 Å². The highest BCUT2D eigenvalue weighted by Gasteiger charge is 2.18. The molecule has 84 valence electrons. The first-order valence-corrected chi connectivity index (χ1v) is 5.94. The second-order valence-corrected chi connectivity index (χ2v) is 4.46. The second-order valence-electron chi connectivity index (χ2n) is 4.08. The Morgan fingerprint density at radius 1 is 1.31 bits per heavy atom. The number of nitriles is 1. The predicted octanol–water partition coefficient (Wildman–Crippen LogP) is 3.49. The zero-order valence-electron chi connectivity index (χ0n) is 9.35. The fraction of sp³-hybridized carbons (Fsp3) is 0.462. The molecule has 0 bridgehead atoms. The smallest absolute Gasteiger partial charge is 0.155 e. The van der Waals surface area contributed by atoms with Gasteiger partial charge in [-0.1, -0.05) is 18.0 Å². The molecule has 1 aliphatic carbocycles. The molecule has 0 fully saturated rings. The van der Waals surface area contributed by atoms with E-state index in [0.29, 0.717) is 16.3 Å². The summed E-state index contributed by atoms with van der Waals surface area (Å²) in [6, 6.07) is 4.08. The maximum Gasteiger partial charge on any atom is 0.155 e. The number of fused-ring (bicyclic) bond motifs is 1. The number of hydrogen-bond donors (Lipinski definition) is 0. The highest BCUT2D eigenvalue weighted by Crippen LogP contribution is 2.37. The van der Waals surface area contributed by atoms with Gasteiger partial charge in [-0.15, -0.1) is 0 Å². The van der Waals surface area contributed by atoms with Crippen molar-refractivity contribution >= 4 is 11.6 Å².